The van der Waals surface area contributed by atoms with E-state index in [2.05, 4.69) is 31.1 Å². The first-order valence-corrected chi connectivity index (χ1v) is 6.17. The predicted octanol–water partition coefficient (Wildman–Crippen LogP) is 1.47. The van der Waals surface area contributed by atoms with E-state index in [0.29, 0.717) is 6.04 Å². The summed E-state index contributed by atoms with van der Waals surface area (Å²) in [5, 5.41) is 12.6. The first-order chi connectivity index (χ1) is 7.07. The van der Waals surface area contributed by atoms with Gasteiger partial charge in [-0.3, -0.25) is 0 Å². The molecule has 0 fully saturated rings. The number of hydrogen-bond donors (Lipinski definition) is 2. The largest absolute Gasteiger partial charge is 0.392 e. The van der Waals surface area contributed by atoms with Crippen LogP contribution in [-0.4, -0.2) is 48.8 Å². The van der Waals surface area contributed by atoms with Crippen LogP contribution >= 0.6 is 0 Å². The Labute approximate surface area is 94.9 Å². The number of nitrogens with zero attached hydrogens (tertiary/aromatic N) is 1. The summed E-state index contributed by atoms with van der Waals surface area (Å²) in [6.45, 7) is 9.35. The topological polar surface area (TPSA) is 35.5 Å². The Morgan fingerprint density at radius 1 is 1.27 bits per heavy atom. The van der Waals surface area contributed by atoms with Gasteiger partial charge in [-0.2, -0.15) is 0 Å². The molecule has 0 spiro atoms. The number of aliphatic hydroxyl groups is 1. The molecule has 0 rings (SSSR count). The van der Waals surface area contributed by atoms with Crippen molar-refractivity contribution < 1.29 is 5.11 Å². The van der Waals surface area contributed by atoms with Gasteiger partial charge in [0.15, 0.2) is 0 Å². The van der Waals surface area contributed by atoms with Crippen molar-refractivity contribution in [3.63, 3.8) is 0 Å². The number of hydrogen-bond acceptors (Lipinski definition) is 3. The highest BCUT2D eigenvalue weighted by Gasteiger charge is 2.02. The maximum atomic E-state index is 9.30. The summed E-state index contributed by atoms with van der Waals surface area (Å²) in [5.41, 5.74) is 0. The summed E-state index contributed by atoms with van der Waals surface area (Å²) in [6, 6.07) is 0.639. The summed E-state index contributed by atoms with van der Waals surface area (Å²) in [6.07, 6.45) is 3.07. The highest BCUT2D eigenvalue weighted by molar-refractivity contribution is 4.59. The van der Waals surface area contributed by atoms with E-state index in [-0.39, 0.29) is 6.10 Å². The van der Waals surface area contributed by atoms with Crippen LogP contribution in [0.15, 0.2) is 0 Å². The van der Waals surface area contributed by atoms with E-state index in [9.17, 15) is 5.11 Å². The quantitative estimate of drug-likeness (QED) is 0.573. The van der Waals surface area contributed by atoms with E-state index in [1.54, 1.807) is 0 Å². The molecule has 0 bridgehead atoms. The number of nitrogens with one attached hydrogen (secondary N) is 1. The van der Waals surface area contributed by atoms with Crippen LogP contribution < -0.4 is 5.32 Å². The van der Waals surface area contributed by atoms with Gasteiger partial charge in [-0.15, -0.1) is 0 Å². The Kier molecular flexibility index (Phi) is 9.06. The van der Waals surface area contributed by atoms with Crippen molar-refractivity contribution in [3.05, 3.63) is 0 Å². The second-order valence-electron chi connectivity index (χ2n) is 4.55. The summed E-state index contributed by atoms with van der Waals surface area (Å²) in [5.74, 6) is 0. The van der Waals surface area contributed by atoms with Gasteiger partial charge >= 0.3 is 0 Å². The van der Waals surface area contributed by atoms with Gasteiger partial charge in [-0.05, 0) is 53.2 Å². The van der Waals surface area contributed by atoms with Crippen molar-refractivity contribution in [1.82, 2.24) is 10.2 Å². The van der Waals surface area contributed by atoms with E-state index in [1.165, 1.54) is 12.8 Å². The molecule has 0 aliphatic carbocycles. The molecule has 2 N–H and O–H groups in total. The molecule has 3 nitrogen and oxygen atoms in total. The van der Waals surface area contributed by atoms with E-state index < -0.39 is 0 Å². The lowest BCUT2D eigenvalue weighted by Crippen LogP contribution is -2.29. The van der Waals surface area contributed by atoms with Crippen molar-refractivity contribution in [1.29, 1.82) is 0 Å². The zero-order valence-corrected chi connectivity index (χ0v) is 10.8. The molecule has 0 aliphatic heterocycles. The molecule has 0 heterocycles. The van der Waals surface area contributed by atoms with Crippen LogP contribution in [0.25, 0.3) is 0 Å². The molecule has 1 unspecified atom stereocenters. The monoisotopic (exact) mass is 216 g/mol. The third kappa shape index (κ3) is 8.85. The van der Waals surface area contributed by atoms with Gasteiger partial charge < -0.3 is 15.3 Å². The third-order valence-corrected chi connectivity index (χ3v) is 2.85. The highest BCUT2D eigenvalue weighted by Crippen LogP contribution is 1.97. The van der Waals surface area contributed by atoms with Gasteiger partial charge in [0.25, 0.3) is 0 Å². The van der Waals surface area contributed by atoms with Crippen molar-refractivity contribution in [2.24, 2.45) is 0 Å². The molecule has 1 atom stereocenters. The summed E-state index contributed by atoms with van der Waals surface area (Å²) in [4.78, 5) is 2.36. The Balaban J connectivity index is 3.18. The summed E-state index contributed by atoms with van der Waals surface area (Å²) in [7, 11) is 2.17. The normalized spacial score (nSPS) is 13.8. The lowest BCUT2D eigenvalue weighted by Gasteiger charge is -2.20. The van der Waals surface area contributed by atoms with Gasteiger partial charge in [0.1, 0.15) is 0 Å². The molecule has 92 valence electrons. The Bertz CT molecular complexity index is 140. The van der Waals surface area contributed by atoms with Gasteiger partial charge in [0, 0.05) is 12.6 Å². The molecule has 3 heteroatoms. The van der Waals surface area contributed by atoms with Crippen molar-refractivity contribution in [2.45, 2.75) is 52.2 Å². The van der Waals surface area contributed by atoms with Crippen LogP contribution in [0, 0.1) is 0 Å². The zero-order valence-electron chi connectivity index (χ0n) is 10.8. The van der Waals surface area contributed by atoms with Gasteiger partial charge in [0.05, 0.1) is 6.10 Å². The van der Waals surface area contributed by atoms with Crippen molar-refractivity contribution in [3.8, 4) is 0 Å². The smallest absolute Gasteiger partial charge is 0.0662 e. The zero-order chi connectivity index (χ0) is 11.7. The molecule has 0 aromatic rings. The first-order valence-electron chi connectivity index (χ1n) is 6.17. The minimum atomic E-state index is -0.177. The molecule has 0 radical (unpaired) electrons. The van der Waals surface area contributed by atoms with Gasteiger partial charge in [0.2, 0.25) is 0 Å². The maximum Gasteiger partial charge on any atom is 0.0662 e. The number of aliphatic hydroxyl groups excluding tert-OH is 1. The number of unbranched alkanes of at least 4 members (excludes halogenated alkanes) is 1. The fourth-order valence-corrected chi connectivity index (χ4v) is 1.28. The molecule has 0 saturated carbocycles. The molecule has 0 aromatic carbocycles. The molecule has 0 aliphatic rings. The van der Waals surface area contributed by atoms with Crippen molar-refractivity contribution >= 4 is 0 Å². The minimum Gasteiger partial charge on any atom is -0.392 e. The van der Waals surface area contributed by atoms with E-state index >= 15 is 0 Å². The lowest BCUT2D eigenvalue weighted by molar-refractivity contribution is 0.167. The van der Waals surface area contributed by atoms with Crippen LogP contribution in [0.5, 0.6) is 0 Å². The van der Waals surface area contributed by atoms with Crippen LogP contribution in [0.2, 0.25) is 0 Å². The first kappa shape index (κ1) is 14.9. The van der Waals surface area contributed by atoms with Gasteiger partial charge in [-0.1, -0.05) is 6.92 Å². The van der Waals surface area contributed by atoms with E-state index in [1.807, 2.05) is 6.92 Å². The fraction of sp³-hybridized carbons (Fsp3) is 1.00. The molecular weight excluding hydrogens is 188 g/mol. The van der Waals surface area contributed by atoms with Crippen LogP contribution in [0.4, 0.5) is 0 Å². The van der Waals surface area contributed by atoms with E-state index in [4.69, 9.17) is 0 Å². The van der Waals surface area contributed by atoms with Crippen LogP contribution in [0.1, 0.15) is 40.0 Å². The highest BCUT2D eigenvalue weighted by atomic mass is 16.3. The minimum absolute atomic E-state index is 0.177. The molecule has 0 saturated heterocycles. The number of rotatable bonds is 9. The maximum absolute atomic E-state index is 9.30. The average molecular weight is 216 g/mol. The molecule has 0 amide bonds. The SMILES string of the molecule is CCC(O)CNCCCCN(C)C(C)C. The second kappa shape index (κ2) is 9.13. The molecule has 0 aromatic heterocycles. The third-order valence-electron chi connectivity index (χ3n) is 2.85. The van der Waals surface area contributed by atoms with Crippen LogP contribution in [-0.2, 0) is 0 Å². The average Bonchev–Trinajstić information content (AvgIpc) is 2.22. The lowest BCUT2D eigenvalue weighted by atomic mass is 10.2. The summed E-state index contributed by atoms with van der Waals surface area (Å²) >= 11 is 0. The Hall–Kier alpha value is -0.120. The Morgan fingerprint density at radius 2 is 1.93 bits per heavy atom. The van der Waals surface area contributed by atoms with Crippen LogP contribution in [0.3, 0.4) is 0 Å². The Morgan fingerprint density at radius 3 is 2.47 bits per heavy atom. The predicted molar refractivity (Wildman–Crippen MR) is 66.2 cm³/mol. The van der Waals surface area contributed by atoms with Gasteiger partial charge in [-0.25, -0.2) is 0 Å². The van der Waals surface area contributed by atoms with E-state index in [0.717, 1.165) is 26.1 Å². The summed E-state index contributed by atoms with van der Waals surface area (Å²) < 4.78 is 0. The standard InChI is InChI=1S/C12H28N2O/c1-5-12(15)10-13-8-6-7-9-14(4)11(2)3/h11-13,15H,5-10H2,1-4H3. The molecular formula is C12H28N2O. The molecule has 15 heavy (non-hydrogen) atoms. The second-order valence-corrected chi connectivity index (χ2v) is 4.55. The van der Waals surface area contributed by atoms with Crippen molar-refractivity contribution in [2.75, 3.05) is 26.7 Å². The fourth-order valence-electron chi connectivity index (χ4n) is 1.28.